The first-order chi connectivity index (χ1) is 17.7. The number of sulfonamides is 1. The molecule has 4 aromatic rings. The molecule has 2 N–H and O–H groups in total. The summed E-state index contributed by atoms with van der Waals surface area (Å²) in [6, 6.07) is 10.9. The minimum Gasteiger partial charge on any atom is -0.349 e. The molecule has 0 radical (unpaired) electrons. The van der Waals surface area contributed by atoms with Gasteiger partial charge in [0.05, 0.1) is 18.0 Å². The number of fused-ring (bicyclic) bond motifs is 1. The summed E-state index contributed by atoms with van der Waals surface area (Å²) in [4.78, 5) is 19.5. The number of nitrogens with zero attached hydrogens (tertiary/aromatic N) is 4. The number of carbonyl (C=O) groups is 1. The smallest absolute Gasteiger partial charge is 0.255 e. The number of aromatic nitrogens is 3. The number of rotatable bonds is 7. The van der Waals surface area contributed by atoms with Crippen molar-refractivity contribution in [2.75, 3.05) is 27.2 Å². The number of carbonyl (C=O) groups excluding carboxylic acids is 1. The molecular weight excluding hydrogens is 502 g/mol. The lowest BCUT2D eigenvalue weighted by Gasteiger charge is -2.26. The zero-order chi connectivity index (χ0) is 26.2. The Morgan fingerprint density at radius 2 is 1.92 bits per heavy atom. The molecule has 1 aliphatic rings. The zero-order valence-electron chi connectivity index (χ0n) is 19.9. The Morgan fingerprint density at radius 1 is 1.14 bits per heavy atom. The van der Waals surface area contributed by atoms with Crippen LogP contribution in [0.15, 0.2) is 60.9 Å². The van der Waals surface area contributed by atoms with Crippen LogP contribution in [0.5, 0.6) is 0 Å². The van der Waals surface area contributed by atoms with Crippen molar-refractivity contribution in [3.63, 3.8) is 0 Å². The predicted molar refractivity (Wildman–Crippen MR) is 136 cm³/mol. The van der Waals surface area contributed by atoms with Crippen molar-refractivity contribution in [1.82, 2.24) is 14.6 Å². The standard InChI is InChI=1S/C25H24F2N6O3S/c1-2-37(35,36)31-18-8-5-16(6-9-18)25(34)29-21-15-28-33-13-11-23(30-24(21)33)32-12-3-4-22(32)19-14-17(26)7-10-20(19)27/h5-11,13-15,22,31H,2-4,12H2,1H3,(H,29,34). The minimum atomic E-state index is -3.42. The third-order valence-electron chi connectivity index (χ3n) is 6.27. The van der Waals surface area contributed by atoms with Crippen LogP contribution in [0.3, 0.4) is 0 Å². The summed E-state index contributed by atoms with van der Waals surface area (Å²) in [6.07, 6.45) is 4.61. The molecule has 0 aliphatic carbocycles. The van der Waals surface area contributed by atoms with Gasteiger partial charge in [-0.2, -0.15) is 5.10 Å². The van der Waals surface area contributed by atoms with Crippen LogP contribution in [0.25, 0.3) is 5.65 Å². The summed E-state index contributed by atoms with van der Waals surface area (Å²) in [6.45, 7) is 2.15. The van der Waals surface area contributed by atoms with Crippen LogP contribution in [0.2, 0.25) is 0 Å². The second kappa shape index (κ2) is 9.77. The topological polar surface area (TPSA) is 109 Å². The van der Waals surface area contributed by atoms with Crippen LogP contribution in [0.1, 0.15) is 41.7 Å². The number of nitrogens with one attached hydrogen (secondary N) is 2. The summed E-state index contributed by atoms with van der Waals surface area (Å²) < 4.78 is 55.7. The third-order valence-corrected chi connectivity index (χ3v) is 7.57. The van der Waals surface area contributed by atoms with Gasteiger partial charge in [0.15, 0.2) is 5.65 Å². The van der Waals surface area contributed by atoms with E-state index in [1.165, 1.54) is 48.0 Å². The Labute approximate surface area is 212 Å². The van der Waals surface area contributed by atoms with Gasteiger partial charge in [-0.15, -0.1) is 0 Å². The molecule has 2 aromatic carbocycles. The van der Waals surface area contributed by atoms with Gasteiger partial charge in [-0.1, -0.05) is 0 Å². The van der Waals surface area contributed by atoms with Gasteiger partial charge in [0.2, 0.25) is 10.0 Å². The summed E-state index contributed by atoms with van der Waals surface area (Å²) in [5.74, 6) is -0.891. The SMILES string of the molecule is CCS(=O)(=O)Nc1ccc(C(=O)Nc2cnn3ccc(N4CCCC4c4cc(F)ccc4F)nc23)cc1. The van der Waals surface area contributed by atoms with Gasteiger partial charge < -0.3 is 10.2 Å². The highest BCUT2D eigenvalue weighted by Gasteiger charge is 2.30. The molecule has 1 aliphatic heterocycles. The van der Waals surface area contributed by atoms with E-state index in [-0.39, 0.29) is 17.4 Å². The van der Waals surface area contributed by atoms with E-state index in [2.05, 4.69) is 20.1 Å². The van der Waals surface area contributed by atoms with Crippen molar-refractivity contribution in [1.29, 1.82) is 0 Å². The Morgan fingerprint density at radius 3 is 2.68 bits per heavy atom. The van der Waals surface area contributed by atoms with Gasteiger partial charge in [-0.25, -0.2) is 26.7 Å². The second-order valence-electron chi connectivity index (χ2n) is 8.67. The summed E-state index contributed by atoms with van der Waals surface area (Å²) >= 11 is 0. The Bertz CT molecular complexity index is 1570. The molecule has 0 bridgehead atoms. The zero-order valence-corrected chi connectivity index (χ0v) is 20.7. The fourth-order valence-electron chi connectivity index (χ4n) is 4.38. The summed E-state index contributed by atoms with van der Waals surface area (Å²) in [5, 5.41) is 7.02. The Balaban J connectivity index is 1.38. The normalized spacial score (nSPS) is 15.8. The monoisotopic (exact) mass is 526 g/mol. The molecule has 1 fully saturated rings. The molecule has 5 rings (SSSR count). The van der Waals surface area contributed by atoms with Crippen molar-refractivity contribution in [3.8, 4) is 0 Å². The average Bonchev–Trinajstić information content (AvgIpc) is 3.53. The highest BCUT2D eigenvalue weighted by atomic mass is 32.2. The van der Waals surface area contributed by atoms with Crippen molar-refractivity contribution in [2.24, 2.45) is 0 Å². The number of benzene rings is 2. The molecule has 37 heavy (non-hydrogen) atoms. The fraction of sp³-hybridized carbons (Fsp3) is 0.240. The Kier molecular flexibility index (Phi) is 6.50. The predicted octanol–water partition coefficient (Wildman–Crippen LogP) is 4.36. The number of halogens is 2. The van der Waals surface area contributed by atoms with E-state index in [9.17, 15) is 22.0 Å². The molecule has 192 valence electrons. The molecule has 3 heterocycles. The van der Waals surface area contributed by atoms with E-state index >= 15 is 0 Å². The maximum absolute atomic E-state index is 14.5. The van der Waals surface area contributed by atoms with Crippen LogP contribution < -0.4 is 14.9 Å². The third kappa shape index (κ3) is 5.10. The summed E-state index contributed by atoms with van der Waals surface area (Å²) in [5.41, 5.74) is 1.72. The molecule has 1 atom stereocenters. The highest BCUT2D eigenvalue weighted by molar-refractivity contribution is 7.92. The van der Waals surface area contributed by atoms with Gasteiger partial charge in [0.25, 0.3) is 5.91 Å². The van der Waals surface area contributed by atoms with E-state index in [0.29, 0.717) is 41.4 Å². The van der Waals surface area contributed by atoms with Gasteiger partial charge in [-0.05, 0) is 68.3 Å². The van der Waals surface area contributed by atoms with E-state index in [1.54, 1.807) is 12.3 Å². The molecule has 0 spiro atoms. The van der Waals surface area contributed by atoms with Crippen molar-refractivity contribution >= 4 is 38.8 Å². The average molecular weight is 527 g/mol. The number of amides is 1. The van der Waals surface area contributed by atoms with Crippen LogP contribution >= 0.6 is 0 Å². The van der Waals surface area contributed by atoms with Gasteiger partial charge in [0.1, 0.15) is 23.1 Å². The van der Waals surface area contributed by atoms with E-state index in [4.69, 9.17) is 0 Å². The molecule has 0 saturated carbocycles. The lowest BCUT2D eigenvalue weighted by Crippen LogP contribution is -2.24. The van der Waals surface area contributed by atoms with Crippen LogP contribution in [0, 0.1) is 11.6 Å². The Hall–Kier alpha value is -4.06. The lowest BCUT2D eigenvalue weighted by atomic mass is 10.0. The number of hydrogen-bond donors (Lipinski definition) is 2. The molecule has 9 nitrogen and oxygen atoms in total. The summed E-state index contributed by atoms with van der Waals surface area (Å²) in [7, 11) is -3.42. The van der Waals surface area contributed by atoms with Crippen LogP contribution in [-0.4, -0.2) is 41.2 Å². The maximum Gasteiger partial charge on any atom is 0.255 e. The first-order valence-corrected chi connectivity index (χ1v) is 13.4. The first-order valence-electron chi connectivity index (χ1n) is 11.7. The molecule has 1 amide bonds. The van der Waals surface area contributed by atoms with Crippen LogP contribution in [0.4, 0.5) is 26.0 Å². The molecule has 2 aromatic heterocycles. The molecule has 1 unspecified atom stereocenters. The van der Waals surface area contributed by atoms with Gasteiger partial charge in [-0.3, -0.25) is 9.52 Å². The quantitative estimate of drug-likeness (QED) is 0.370. The fourth-order valence-corrected chi connectivity index (χ4v) is 5.02. The number of hydrogen-bond acceptors (Lipinski definition) is 6. The minimum absolute atomic E-state index is 0.0612. The number of anilines is 3. The lowest BCUT2D eigenvalue weighted by molar-refractivity contribution is 0.102. The van der Waals surface area contributed by atoms with Crippen molar-refractivity contribution in [2.45, 2.75) is 25.8 Å². The molecule has 1 saturated heterocycles. The van der Waals surface area contributed by atoms with Crippen molar-refractivity contribution < 1.29 is 22.0 Å². The maximum atomic E-state index is 14.5. The largest absolute Gasteiger partial charge is 0.349 e. The second-order valence-corrected chi connectivity index (χ2v) is 10.7. The first kappa shape index (κ1) is 24.6. The molecule has 12 heteroatoms. The van der Waals surface area contributed by atoms with E-state index < -0.39 is 27.6 Å². The molecular formula is C25H24F2N6O3S. The van der Waals surface area contributed by atoms with Gasteiger partial charge in [0, 0.05) is 29.6 Å². The van der Waals surface area contributed by atoms with Crippen LogP contribution in [-0.2, 0) is 10.0 Å². The van der Waals surface area contributed by atoms with E-state index in [0.717, 1.165) is 18.6 Å². The highest BCUT2D eigenvalue weighted by Crippen LogP contribution is 2.37. The van der Waals surface area contributed by atoms with Gasteiger partial charge >= 0.3 is 0 Å². The van der Waals surface area contributed by atoms with E-state index in [1.807, 2.05) is 4.90 Å². The van der Waals surface area contributed by atoms with Crippen molar-refractivity contribution in [3.05, 3.63) is 83.7 Å².